The molecule has 0 radical (unpaired) electrons. The van der Waals surface area contributed by atoms with E-state index < -0.39 is 0 Å². The summed E-state index contributed by atoms with van der Waals surface area (Å²) in [6.45, 7) is 4.05. The SMILES string of the molecule is CC(C)N(C(=O)Cn1nc(-c2ccc(Br)cc2)n(-c2ccccc2)c1=S)c1ccccc1. The third kappa shape index (κ3) is 4.59. The molecule has 0 unspecified atom stereocenters. The molecule has 0 saturated carbocycles. The second-order valence-corrected chi connectivity index (χ2v) is 8.92. The molecule has 7 heteroatoms. The van der Waals surface area contributed by atoms with Gasteiger partial charge in [0.05, 0.1) is 0 Å². The molecule has 0 aliphatic heterocycles. The molecule has 1 heterocycles. The van der Waals surface area contributed by atoms with Gasteiger partial charge >= 0.3 is 0 Å². The molecule has 3 aromatic carbocycles. The van der Waals surface area contributed by atoms with Gasteiger partial charge < -0.3 is 4.90 Å². The fraction of sp³-hybridized carbons (Fsp3) is 0.160. The van der Waals surface area contributed by atoms with E-state index in [1.165, 1.54) is 0 Å². The van der Waals surface area contributed by atoms with Gasteiger partial charge in [0.25, 0.3) is 0 Å². The number of amides is 1. The fourth-order valence-electron chi connectivity index (χ4n) is 3.63. The summed E-state index contributed by atoms with van der Waals surface area (Å²) in [7, 11) is 0. The number of para-hydroxylation sites is 2. The number of hydrogen-bond acceptors (Lipinski definition) is 3. The molecular weight excluding hydrogens is 484 g/mol. The number of aromatic nitrogens is 3. The lowest BCUT2D eigenvalue weighted by molar-refractivity contribution is -0.119. The van der Waals surface area contributed by atoms with Crippen LogP contribution in [-0.4, -0.2) is 26.3 Å². The Labute approximate surface area is 201 Å². The van der Waals surface area contributed by atoms with Crippen molar-refractivity contribution in [3.63, 3.8) is 0 Å². The Balaban J connectivity index is 1.77. The van der Waals surface area contributed by atoms with Crippen LogP contribution in [0.2, 0.25) is 0 Å². The average Bonchev–Trinajstić information content (AvgIpc) is 3.11. The molecule has 4 rings (SSSR count). The van der Waals surface area contributed by atoms with E-state index in [1.54, 1.807) is 9.58 Å². The summed E-state index contributed by atoms with van der Waals surface area (Å²) in [4.78, 5) is 15.1. The minimum atomic E-state index is -0.0673. The van der Waals surface area contributed by atoms with Gasteiger partial charge in [0.2, 0.25) is 10.7 Å². The Morgan fingerprint density at radius 2 is 1.56 bits per heavy atom. The normalized spacial score (nSPS) is 11.0. The molecule has 0 N–H and O–H groups in total. The molecule has 0 atom stereocenters. The van der Waals surface area contributed by atoms with Crippen molar-refractivity contribution in [3.8, 4) is 17.1 Å². The van der Waals surface area contributed by atoms with Gasteiger partial charge in [-0.05, 0) is 62.5 Å². The number of hydrogen-bond donors (Lipinski definition) is 0. The Hall–Kier alpha value is -3.03. The van der Waals surface area contributed by atoms with Gasteiger partial charge in [-0.15, -0.1) is 0 Å². The van der Waals surface area contributed by atoms with Crippen LogP contribution in [0.4, 0.5) is 5.69 Å². The lowest BCUT2D eigenvalue weighted by Crippen LogP contribution is -2.39. The highest BCUT2D eigenvalue weighted by Gasteiger charge is 2.22. The van der Waals surface area contributed by atoms with Gasteiger partial charge in [-0.25, -0.2) is 4.68 Å². The molecule has 0 fully saturated rings. The molecule has 4 aromatic rings. The van der Waals surface area contributed by atoms with Crippen molar-refractivity contribution in [1.82, 2.24) is 14.3 Å². The Morgan fingerprint density at radius 1 is 0.969 bits per heavy atom. The predicted octanol–water partition coefficient (Wildman–Crippen LogP) is 6.27. The molecule has 0 spiro atoms. The Bertz CT molecular complexity index is 1270. The highest BCUT2D eigenvalue weighted by Crippen LogP contribution is 2.25. The third-order valence-electron chi connectivity index (χ3n) is 5.06. The smallest absolute Gasteiger partial charge is 0.249 e. The first kappa shape index (κ1) is 22.2. The standard InChI is InChI=1S/C25H23BrN4OS/c1-18(2)29(21-9-5-3-6-10-21)23(31)17-28-25(32)30(22-11-7-4-8-12-22)24(27-28)19-13-15-20(26)16-14-19/h3-16,18H,17H2,1-2H3. The molecule has 1 aromatic heterocycles. The minimum Gasteiger partial charge on any atom is -0.308 e. The van der Waals surface area contributed by atoms with Crippen LogP contribution in [0.3, 0.4) is 0 Å². The van der Waals surface area contributed by atoms with Crippen LogP contribution in [-0.2, 0) is 11.3 Å². The van der Waals surface area contributed by atoms with E-state index in [2.05, 4.69) is 15.9 Å². The third-order valence-corrected chi connectivity index (χ3v) is 5.98. The van der Waals surface area contributed by atoms with Crippen molar-refractivity contribution in [3.05, 3.63) is 94.2 Å². The zero-order valence-electron chi connectivity index (χ0n) is 17.9. The zero-order chi connectivity index (χ0) is 22.7. The predicted molar refractivity (Wildman–Crippen MR) is 135 cm³/mol. The maximum atomic E-state index is 13.3. The Morgan fingerprint density at radius 3 is 2.16 bits per heavy atom. The number of nitrogens with zero attached hydrogens (tertiary/aromatic N) is 4. The number of carbonyl (C=O) groups is 1. The van der Waals surface area contributed by atoms with E-state index in [-0.39, 0.29) is 18.5 Å². The molecule has 0 bridgehead atoms. The summed E-state index contributed by atoms with van der Waals surface area (Å²) in [5.74, 6) is 0.625. The van der Waals surface area contributed by atoms with Crippen molar-refractivity contribution in [1.29, 1.82) is 0 Å². The highest BCUT2D eigenvalue weighted by atomic mass is 79.9. The van der Waals surface area contributed by atoms with Crippen LogP contribution in [0, 0.1) is 4.77 Å². The van der Waals surface area contributed by atoms with Crippen molar-refractivity contribution in [2.45, 2.75) is 26.4 Å². The molecule has 1 amide bonds. The number of carbonyl (C=O) groups excluding carboxylic acids is 1. The average molecular weight is 507 g/mol. The quantitative estimate of drug-likeness (QED) is 0.289. The topological polar surface area (TPSA) is 43.1 Å². The summed E-state index contributed by atoms with van der Waals surface area (Å²) in [6.07, 6.45) is 0. The van der Waals surface area contributed by atoms with E-state index >= 15 is 0 Å². The van der Waals surface area contributed by atoms with Crippen LogP contribution in [0.5, 0.6) is 0 Å². The maximum absolute atomic E-state index is 13.3. The molecule has 0 aliphatic rings. The van der Waals surface area contributed by atoms with E-state index in [9.17, 15) is 4.79 Å². The number of halogens is 1. The van der Waals surface area contributed by atoms with Gasteiger partial charge in [-0.2, -0.15) is 5.10 Å². The van der Waals surface area contributed by atoms with Crippen LogP contribution in [0.15, 0.2) is 89.4 Å². The number of benzene rings is 3. The first-order chi connectivity index (χ1) is 15.5. The van der Waals surface area contributed by atoms with E-state index in [0.29, 0.717) is 10.6 Å². The van der Waals surface area contributed by atoms with E-state index in [1.807, 2.05) is 103 Å². The van der Waals surface area contributed by atoms with Crippen molar-refractivity contribution in [2.75, 3.05) is 4.90 Å². The zero-order valence-corrected chi connectivity index (χ0v) is 20.3. The second kappa shape index (κ2) is 9.63. The molecule has 0 aliphatic carbocycles. The monoisotopic (exact) mass is 506 g/mol. The number of anilines is 1. The second-order valence-electron chi connectivity index (χ2n) is 7.63. The van der Waals surface area contributed by atoms with Crippen molar-refractivity contribution in [2.24, 2.45) is 0 Å². The molecule has 32 heavy (non-hydrogen) atoms. The van der Waals surface area contributed by atoms with Gasteiger partial charge in [0, 0.05) is 27.5 Å². The lowest BCUT2D eigenvalue weighted by Gasteiger charge is -2.26. The molecule has 0 saturated heterocycles. The van der Waals surface area contributed by atoms with Crippen LogP contribution >= 0.6 is 28.1 Å². The summed E-state index contributed by atoms with van der Waals surface area (Å²) in [5.41, 5.74) is 2.67. The molecule has 162 valence electrons. The van der Waals surface area contributed by atoms with Gasteiger partial charge in [0.1, 0.15) is 6.54 Å². The van der Waals surface area contributed by atoms with Gasteiger partial charge in [-0.1, -0.05) is 64.5 Å². The van der Waals surface area contributed by atoms with E-state index in [4.69, 9.17) is 17.3 Å². The molecular formula is C25H23BrN4OS. The maximum Gasteiger partial charge on any atom is 0.249 e. The summed E-state index contributed by atoms with van der Waals surface area (Å²) >= 11 is 9.27. The summed E-state index contributed by atoms with van der Waals surface area (Å²) in [6, 6.07) is 27.4. The lowest BCUT2D eigenvalue weighted by atomic mass is 10.2. The highest BCUT2D eigenvalue weighted by molar-refractivity contribution is 9.10. The van der Waals surface area contributed by atoms with Crippen molar-refractivity contribution >= 4 is 39.7 Å². The summed E-state index contributed by atoms with van der Waals surface area (Å²) in [5, 5.41) is 4.77. The first-order valence-corrected chi connectivity index (χ1v) is 11.5. The largest absolute Gasteiger partial charge is 0.308 e. The Kier molecular flexibility index (Phi) is 6.67. The van der Waals surface area contributed by atoms with Crippen LogP contribution in [0.25, 0.3) is 17.1 Å². The van der Waals surface area contributed by atoms with Crippen molar-refractivity contribution < 1.29 is 4.79 Å². The van der Waals surface area contributed by atoms with Crippen LogP contribution in [0.1, 0.15) is 13.8 Å². The van der Waals surface area contributed by atoms with E-state index in [0.717, 1.165) is 21.4 Å². The summed E-state index contributed by atoms with van der Waals surface area (Å²) < 4.78 is 4.98. The fourth-order valence-corrected chi connectivity index (χ4v) is 4.19. The number of rotatable bonds is 6. The molecule has 5 nitrogen and oxygen atoms in total. The van der Waals surface area contributed by atoms with Crippen LogP contribution < -0.4 is 4.90 Å². The van der Waals surface area contributed by atoms with Gasteiger partial charge in [-0.3, -0.25) is 9.36 Å². The minimum absolute atomic E-state index is 0.00113. The first-order valence-electron chi connectivity index (χ1n) is 10.3. The van der Waals surface area contributed by atoms with Gasteiger partial charge in [0.15, 0.2) is 5.82 Å².